The summed E-state index contributed by atoms with van der Waals surface area (Å²) >= 11 is 1.78. The van der Waals surface area contributed by atoms with Crippen molar-refractivity contribution < 1.29 is 16.8 Å². The van der Waals surface area contributed by atoms with Crippen LogP contribution in [0.25, 0.3) is 0 Å². The van der Waals surface area contributed by atoms with Crippen molar-refractivity contribution in [3.8, 4) is 0 Å². The van der Waals surface area contributed by atoms with Crippen LogP contribution >= 0.6 is 11.3 Å². The number of rotatable bonds is 11. The first-order chi connectivity index (χ1) is 13.9. The molecule has 1 aliphatic rings. The van der Waals surface area contributed by atoms with Crippen LogP contribution in [0, 0.1) is 11.8 Å². The van der Waals surface area contributed by atoms with E-state index < -0.39 is 30.5 Å². The van der Waals surface area contributed by atoms with Gasteiger partial charge in [0.05, 0.1) is 10.5 Å². The molecule has 0 saturated heterocycles. The molecule has 30 heavy (non-hydrogen) atoms. The molecule has 2 rings (SSSR count). The van der Waals surface area contributed by atoms with E-state index in [1.807, 2.05) is 0 Å². The Balaban J connectivity index is 1.79. The molecule has 9 heteroatoms. The molecule has 0 amide bonds. The summed E-state index contributed by atoms with van der Waals surface area (Å²) in [5.74, 6) is 1.46. The zero-order valence-electron chi connectivity index (χ0n) is 18.8. The molecule has 1 aromatic heterocycles. The van der Waals surface area contributed by atoms with Gasteiger partial charge in [-0.15, -0.1) is 11.3 Å². The van der Waals surface area contributed by atoms with Crippen LogP contribution in [-0.2, 0) is 26.5 Å². The number of sulfonamides is 2. The van der Waals surface area contributed by atoms with Crippen molar-refractivity contribution in [1.82, 2.24) is 9.44 Å². The first kappa shape index (κ1) is 25.8. The van der Waals surface area contributed by atoms with E-state index in [4.69, 9.17) is 0 Å². The van der Waals surface area contributed by atoms with Crippen LogP contribution in [-0.4, -0.2) is 40.4 Å². The third kappa shape index (κ3) is 7.29. The number of nitrogens with one attached hydrogen (secondary N) is 2. The fourth-order valence-electron chi connectivity index (χ4n) is 3.80. The summed E-state index contributed by atoms with van der Waals surface area (Å²) in [4.78, 5) is 1.39. The van der Waals surface area contributed by atoms with Crippen molar-refractivity contribution in [2.75, 3.05) is 13.1 Å². The lowest BCUT2D eigenvalue weighted by Gasteiger charge is -2.32. The standard InChI is InChI=1S/C21H38N2O4S3/c1-15(2)29(24,25)22-11-10-18-12-21(28-14-18)20-8-6-19(7-9-20)17(5)13-23-30(26,27)16(3)4/h12,14-17,19-20,22-23H,6-11,13H2,1-5H3. The van der Waals surface area contributed by atoms with Crippen molar-refractivity contribution in [3.05, 3.63) is 21.9 Å². The summed E-state index contributed by atoms with van der Waals surface area (Å²) in [6.07, 6.45) is 5.22. The highest BCUT2D eigenvalue weighted by Crippen LogP contribution is 2.40. The predicted octanol–water partition coefficient (Wildman–Crippen LogP) is 3.86. The van der Waals surface area contributed by atoms with Crippen LogP contribution in [0.5, 0.6) is 0 Å². The summed E-state index contributed by atoms with van der Waals surface area (Å²) in [5, 5.41) is 1.34. The molecular weight excluding hydrogens is 440 g/mol. The number of hydrogen-bond acceptors (Lipinski definition) is 5. The van der Waals surface area contributed by atoms with E-state index in [0.717, 1.165) is 25.7 Å². The van der Waals surface area contributed by atoms with Crippen LogP contribution in [0.15, 0.2) is 11.4 Å². The van der Waals surface area contributed by atoms with E-state index in [9.17, 15) is 16.8 Å². The molecule has 0 bridgehead atoms. The van der Waals surface area contributed by atoms with E-state index in [1.165, 1.54) is 10.4 Å². The van der Waals surface area contributed by atoms with Gasteiger partial charge >= 0.3 is 0 Å². The van der Waals surface area contributed by atoms with Crippen molar-refractivity contribution in [1.29, 1.82) is 0 Å². The molecule has 1 unspecified atom stereocenters. The molecule has 6 nitrogen and oxygen atoms in total. The topological polar surface area (TPSA) is 92.3 Å². The lowest BCUT2D eigenvalue weighted by molar-refractivity contribution is 0.247. The van der Waals surface area contributed by atoms with Gasteiger partial charge in [0, 0.05) is 18.0 Å². The second-order valence-corrected chi connectivity index (χ2v) is 14.7. The molecule has 1 heterocycles. The summed E-state index contributed by atoms with van der Waals surface area (Å²) < 4.78 is 53.1. The Morgan fingerprint density at radius 1 is 0.933 bits per heavy atom. The smallest absolute Gasteiger partial charge is 0.213 e. The Bertz CT molecular complexity index is 868. The molecule has 1 aliphatic carbocycles. The Kier molecular flexibility index (Phi) is 9.36. The monoisotopic (exact) mass is 478 g/mol. The highest BCUT2D eigenvalue weighted by molar-refractivity contribution is 7.90. The van der Waals surface area contributed by atoms with Crippen molar-refractivity contribution in [3.63, 3.8) is 0 Å². The van der Waals surface area contributed by atoms with E-state index in [1.54, 1.807) is 39.0 Å². The van der Waals surface area contributed by atoms with Crippen molar-refractivity contribution in [2.24, 2.45) is 11.8 Å². The highest BCUT2D eigenvalue weighted by atomic mass is 32.2. The third-order valence-corrected chi connectivity index (χ3v) is 11.0. The molecule has 0 radical (unpaired) electrons. The molecule has 1 fully saturated rings. The number of thiophene rings is 1. The van der Waals surface area contributed by atoms with Gasteiger partial charge in [-0.1, -0.05) is 6.92 Å². The minimum absolute atomic E-state index is 0.340. The summed E-state index contributed by atoms with van der Waals surface area (Å²) in [6.45, 7) is 9.87. The number of hydrogen-bond donors (Lipinski definition) is 2. The van der Waals surface area contributed by atoms with Gasteiger partial charge in [0.15, 0.2) is 0 Å². The van der Waals surface area contributed by atoms with E-state index >= 15 is 0 Å². The van der Waals surface area contributed by atoms with Gasteiger partial charge in [-0.3, -0.25) is 0 Å². The lowest BCUT2D eigenvalue weighted by atomic mass is 9.76. The normalized spacial score (nSPS) is 22.0. The first-order valence-corrected chi connectivity index (χ1v) is 14.9. The van der Waals surface area contributed by atoms with Gasteiger partial charge in [0.2, 0.25) is 20.0 Å². The fraction of sp³-hybridized carbons (Fsp3) is 0.810. The SMILES string of the molecule is CC(CNS(=O)(=O)C(C)C)C1CCC(c2cc(CCNS(=O)(=O)C(C)C)cs2)CC1. The highest BCUT2D eigenvalue weighted by Gasteiger charge is 2.28. The molecule has 174 valence electrons. The molecule has 0 spiro atoms. The van der Waals surface area contributed by atoms with Gasteiger partial charge in [-0.2, -0.15) is 0 Å². The molecule has 1 saturated carbocycles. The van der Waals surface area contributed by atoms with Gasteiger partial charge in [0.1, 0.15) is 0 Å². The van der Waals surface area contributed by atoms with Gasteiger partial charge in [0.25, 0.3) is 0 Å². The Hall–Kier alpha value is -0.480. The molecule has 0 aromatic carbocycles. The van der Waals surface area contributed by atoms with Crippen molar-refractivity contribution >= 4 is 31.4 Å². The second kappa shape index (κ2) is 10.9. The maximum absolute atomic E-state index is 12.0. The average Bonchev–Trinajstić information content (AvgIpc) is 3.14. The predicted molar refractivity (Wildman–Crippen MR) is 126 cm³/mol. The van der Waals surface area contributed by atoms with Gasteiger partial charge in [-0.05, 0) is 94.6 Å². The van der Waals surface area contributed by atoms with E-state index in [-0.39, 0.29) is 0 Å². The zero-order valence-corrected chi connectivity index (χ0v) is 21.3. The van der Waals surface area contributed by atoms with Crippen LogP contribution in [0.2, 0.25) is 0 Å². The van der Waals surface area contributed by atoms with Crippen molar-refractivity contribution in [2.45, 2.75) is 83.1 Å². The van der Waals surface area contributed by atoms with E-state index in [0.29, 0.717) is 37.3 Å². The lowest BCUT2D eigenvalue weighted by Crippen LogP contribution is -2.36. The average molecular weight is 479 g/mol. The summed E-state index contributed by atoms with van der Waals surface area (Å²) in [6, 6.07) is 2.24. The Morgan fingerprint density at radius 3 is 2.07 bits per heavy atom. The fourth-order valence-corrected chi connectivity index (χ4v) is 6.47. The largest absolute Gasteiger partial charge is 0.215 e. The van der Waals surface area contributed by atoms with E-state index in [2.05, 4.69) is 27.8 Å². The first-order valence-electron chi connectivity index (χ1n) is 11.0. The minimum Gasteiger partial charge on any atom is -0.215 e. The second-order valence-electron chi connectivity index (χ2n) is 9.13. The van der Waals surface area contributed by atoms with Gasteiger partial charge < -0.3 is 0 Å². The maximum atomic E-state index is 12.0. The molecule has 1 aromatic rings. The summed E-state index contributed by atoms with van der Waals surface area (Å²) in [7, 11) is -6.40. The molecule has 2 N–H and O–H groups in total. The summed E-state index contributed by atoms with van der Waals surface area (Å²) in [5.41, 5.74) is 1.19. The Labute approximate surface area is 187 Å². The third-order valence-electron chi connectivity index (χ3n) is 6.22. The quantitative estimate of drug-likeness (QED) is 0.505. The molecule has 1 atom stereocenters. The van der Waals surface area contributed by atoms with Crippen LogP contribution in [0.1, 0.15) is 76.7 Å². The van der Waals surface area contributed by atoms with Crippen LogP contribution in [0.4, 0.5) is 0 Å². The maximum Gasteiger partial charge on any atom is 0.213 e. The van der Waals surface area contributed by atoms with Crippen LogP contribution in [0.3, 0.4) is 0 Å². The minimum atomic E-state index is -3.20. The Morgan fingerprint density at radius 2 is 1.50 bits per heavy atom. The zero-order chi connectivity index (χ0) is 22.5. The van der Waals surface area contributed by atoms with Crippen LogP contribution < -0.4 is 9.44 Å². The molecular formula is C21H38N2O4S3. The van der Waals surface area contributed by atoms with Gasteiger partial charge in [-0.25, -0.2) is 26.3 Å². The molecule has 0 aliphatic heterocycles.